The van der Waals surface area contributed by atoms with Gasteiger partial charge in [-0.2, -0.15) is 0 Å². The van der Waals surface area contributed by atoms with Gasteiger partial charge in [0.25, 0.3) is 0 Å². The van der Waals surface area contributed by atoms with Crippen LogP contribution in [-0.2, 0) is 5.67 Å². The summed E-state index contributed by atoms with van der Waals surface area (Å²) in [5.41, 5.74) is 2.17. The molecule has 1 unspecified atom stereocenters. The number of alkyl halides is 4. The lowest BCUT2D eigenvalue weighted by Gasteiger charge is -2.38. The summed E-state index contributed by atoms with van der Waals surface area (Å²) in [4.78, 5) is 0. The molecule has 19 heavy (non-hydrogen) atoms. The molecule has 0 aromatic heterocycles. The van der Waals surface area contributed by atoms with Crippen LogP contribution >= 0.6 is 0 Å². The first-order valence-electron chi connectivity index (χ1n) is 5.75. The zero-order valence-corrected chi connectivity index (χ0v) is 11.0. The van der Waals surface area contributed by atoms with E-state index in [-0.39, 0.29) is 5.56 Å². The van der Waals surface area contributed by atoms with E-state index in [4.69, 9.17) is 5.73 Å². The van der Waals surface area contributed by atoms with E-state index < -0.39 is 29.7 Å². The van der Waals surface area contributed by atoms with Crippen molar-refractivity contribution in [3.63, 3.8) is 0 Å². The molecule has 0 fully saturated rings. The third-order valence-corrected chi connectivity index (χ3v) is 3.01. The maximum absolute atomic E-state index is 15.0. The second-order valence-corrected chi connectivity index (χ2v) is 5.30. The Balaban J connectivity index is 3.34. The van der Waals surface area contributed by atoms with Crippen molar-refractivity contribution >= 4 is 0 Å². The van der Waals surface area contributed by atoms with Crippen molar-refractivity contribution < 1.29 is 22.3 Å². The lowest BCUT2D eigenvalue weighted by Crippen LogP contribution is -2.43. The Bertz CT molecular complexity index is 439. The van der Waals surface area contributed by atoms with Crippen LogP contribution in [0.1, 0.15) is 26.3 Å². The van der Waals surface area contributed by atoms with E-state index in [1.54, 1.807) is 20.8 Å². The van der Waals surface area contributed by atoms with Crippen LogP contribution in [0, 0.1) is 5.41 Å². The Kier molecular flexibility index (Phi) is 4.14. The van der Waals surface area contributed by atoms with E-state index in [0.717, 1.165) is 6.07 Å². The summed E-state index contributed by atoms with van der Waals surface area (Å²) in [6.07, 6.45) is -4.87. The van der Waals surface area contributed by atoms with Crippen LogP contribution in [0.4, 0.5) is 17.6 Å². The van der Waals surface area contributed by atoms with Gasteiger partial charge < -0.3 is 10.5 Å². The first-order chi connectivity index (χ1) is 8.51. The smallest absolute Gasteiger partial charge is 0.405 e. The fourth-order valence-corrected chi connectivity index (χ4v) is 1.83. The second-order valence-electron chi connectivity index (χ2n) is 5.30. The number of nitrogens with two attached hydrogens (primary N) is 1. The number of ether oxygens (including phenoxy) is 1. The SMILES string of the molecule is CC(C)(C)C(F)(CN)c1ccccc1OC(F)(F)F. The molecule has 2 nitrogen and oxygen atoms in total. The standard InChI is InChI=1S/C13H17F4NO/c1-11(2,3)12(14,8-18)9-6-4-5-7-10(9)19-13(15,16)17/h4-7H,8,18H2,1-3H3. The van der Waals surface area contributed by atoms with Crippen molar-refractivity contribution in [2.45, 2.75) is 32.8 Å². The van der Waals surface area contributed by atoms with Gasteiger partial charge in [0.15, 0.2) is 5.67 Å². The van der Waals surface area contributed by atoms with Crippen LogP contribution in [0.5, 0.6) is 5.75 Å². The van der Waals surface area contributed by atoms with Crippen LogP contribution < -0.4 is 10.5 Å². The van der Waals surface area contributed by atoms with Gasteiger partial charge in [-0.05, 0) is 6.07 Å². The average Bonchev–Trinajstić information content (AvgIpc) is 2.25. The van der Waals surface area contributed by atoms with Crippen molar-refractivity contribution in [2.75, 3.05) is 6.54 Å². The summed E-state index contributed by atoms with van der Waals surface area (Å²) < 4.78 is 55.9. The molecule has 0 amide bonds. The highest BCUT2D eigenvalue weighted by Crippen LogP contribution is 2.46. The van der Waals surface area contributed by atoms with Crippen molar-refractivity contribution in [1.29, 1.82) is 0 Å². The minimum atomic E-state index is -4.87. The monoisotopic (exact) mass is 279 g/mol. The summed E-state index contributed by atoms with van der Waals surface area (Å²) in [6.45, 7) is 4.29. The molecule has 6 heteroatoms. The minimum absolute atomic E-state index is 0.192. The molecular weight excluding hydrogens is 262 g/mol. The zero-order chi connectivity index (χ0) is 14.9. The van der Waals surface area contributed by atoms with Gasteiger partial charge in [0, 0.05) is 17.5 Å². The zero-order valence-electron chi connectivity index (χ0n) is 11.0. The molecule has 0 spiro atoms. The fourth-order valence-electron chi connectivity index (χ4n) is 1.83. The third kappa shape index (κ3) is 3.37. The highest BCUT2D eigenvalue weighted by molar-refractivity contribution is 5.39. The largest absolute Gasteiger partial charge is 0.573 e. The molecule has 2 N–H and O–H groups in total. The molecule has 0 aliphatic heterocycles. The summed E-state index contributed by atoms with van der Waals surface area (Å²) in [6, 6.07) is 5.15. The highest BCUT2D eigenvalue weighted by atomic mass is 19.4. The molecule has 108 valence electrons. The van der Waals surface area contributed by atoms with Crippen LogP contribution in [0.15, 0.2) is 24.3 Å². The van der Waals surface area contributed by atoms with Gasteiger partial charge >= 0.3 is 6.36 Å². The molecule has 1 aromatic rings. The first kappa shape index (κ1) is 15.8. The van der Waals surface area contributed by atoms with E-state index >= 15 is 4.39 Å². The van der Waals surface area contributed by atoms with Crippen LogP contribution in [-0.4, -0.2) is 12.9 Å². The summed E-state index contributed by atoms with van der Waals surface area (Å²) in [7, 11) is 0. The van der Waals surface area contributed by atoms with E-state index in [9.17, 15) is 13.2 Å². The Morgan fingerprint density at radius 2 is 1.58 bits per heavy atom. The second kappa shape index (κ2) is 5.00. The number of hydrogen-bond donors (Lipinski definition) is 1. The molecule has 0 aliphatic rings. The van der Waals surface area contributed by atoms with Crippen LogP contribution in [0.2, 0.25) is 0 Å². The van der Waals surface area contributed by atoms with E-state index in [1.165, 1.54) is 18.2 Å². The van der Waals surface area contributed by atoms with Crippen molar-refractivity contribution in [1.82, 2.24) is 0 Å². The van der Waals surface area contributed by atoms with E-state index in [1.807, 2.05) is 0 Å². The molecule has 1 aromatic carbocycles. The molecule has 0 radical (unpaired) electrons. The van der Waals surface area contributed by atoms with Crippen molar-refractivity contribution in [2.24, 2.45) is 11.1 Å². The lowest BCUT2D eigenvalue weighted by atomic mass is 9.73. The van der Waals surface area contributed by atoms with Gasteiger partial charge in [-0.1, -0.05) is 39.0 Å². The molecular formula is C13H17F4NO. The summed E-state index contributed by atoms with van der Waals surface area (Å²) in [5, 5.41) is 0. The lowest BCUT2D eigenvalue weighted by molar-refractivity contribution is -0.275. The molecule has 0 heterocycles. The van der Waals surface area contributed by atoms with Gasteiger partial charge in [-0.15, -0.1) is 13.2 Å². The highest BCUT2D eigenvalue weighted by Gasteiger charge is 2.46. The van der Waals surface area contributed by atoms with Gasteiger partial charge in [-0.3, -0.25) is 0 Å². The summed E-state index contributed by atoms with van der Waals surface area (Å²) in [5.74, 6) is -0.558. The average molecular weight is 279 g/mol. The predicted molar refractivity (Wildman–Crippen MR) is 64.4 cm³/mol. The maximum Gasteiger partial charge on any atom is 0.573 e. The summed E-state index contributed by atoms with van der Waals surface area (Å²) >= 11 is 0. The van der Waals surface area contributed by atoms with E-state index in [2.05, 4.69) is 4.74 Å². The molecule has 1 atom stereocenters. The number of para-hydroxylation sites is 1. The Hall–Kier alpha value is -1.30. The molecule has 0 bridgehead atoms. The van der Waals surface area contributed by atoms with Gasteiger partial charge in [0.1, 0.15) is 5.75 Å². The van der Waals surface area contributed by atoms with Gasteiger partial charge in [0.05, 0.1) is 0 Å². The Morgan fingerprint density at radius 3 is 2.00 bits per heavy atom. The third-order valence-electron chi connectivity index (χ3n) is 3.01. The Morgan fingerprint density at radius 1 is 1.05 bits per heavy atom. The van der Waals surface area contributed by atoms with Crippen molar-refractivity contribution in [3.8, 4) is 5.75 Å². The number of hydrogen-bond acceptors (Lipinski definition) is 2. The first-order valence-corrected chi connectivity index (χ1v) is 5.75. The number of benzene rings is 1. The molecule has 0 saturated carbocycles. The predicted octanol–water partition coefficient (Wildman–Crippen LogP) is 3.75. The topological polar surface area (TPSA) is 35.2 Å². The molecule has 0 saturated heterocycles. The van der Waals surface area contributed by atoms with Crippen LogP contribution in [0.3, 0.4) is 0 Å². The maximum atomic E-state index is 15.0. The normalized spacial score (nSPS) is 16.0. The Labute approximate surface area is 109 Å². The number of halogens is 4. The molecule has 0 aliphatic carbocycles. The number of rotatable bonds is 3. The van der Waals surface area contributed by atoms with Crippen LogP contribution in [0.25, 0.3) is 0 Å². The van der Waals surface area contributed by atoms with E-state index in [0.29, 0.717) is 0 Å². The minimum Gasteiger partial charge on any atom is -0.405 e. The molecule has 1 rings (SSSR count). The van der Waals surface area contributed by atoms with Crippen molar-refractivity contribution in [3.05, 3.63) is 29.8 Å². The quantitative estimate of drug-likeness (QED) is 0.855. The van der Waals surface area contributed by atoms with Gasteiger partial charge in [0.2, 0.25) is 0 Å². The fraction of sp³-hybridized carbons (Fsp3) is 0.538. The van der Waals surface area contributed by atoms with Gasteiger partial charge in [-0.25, -0.2) is 4.39 Å².